The van der Waals surface area contributed by atoms with E-state index in [2.05, 4.69) is 15.4 Å². The second-order valence-electron chi connectivity index (χ2n) is 0.799. The molecule has 1 rings (SSSR count). The van der Waals surface area contributed by atoms with Crippen molar-refractivity contribution >= 4 is 23.4 Å². The van der Waals surface area contributed by atoms with Crippen LogP contribution in [0.25, 0.3) is 0 Å². The molecule has 7 heavy (non-hydrogen) atoms. The Labute approximate surface area is 49.1 Å². The van der Waals surface area contributed by atoms with Crippen LogP contribution in [0, 0.1) is 0 Å². The molecule has 0 aliphatic carbocycles. The van der Waals surface area contributed by atoms with E-state index < -0.39 is 0 Å². The Morgan fingerprint density at radius 3 is 2.43 bits per heavy atom. The molecule has 0 atom stereocenters. The van der Waals surface area contributed by atoms with Gasteiger partial charge in [0.15, 0.2) is 0 Å². The van der Waals surface area contributed by atoms with Crippen LogP contribution in [0.5, 0.6) is 0 Å². The smallest absolute Gasteiger partial charge is 0.102 e. The molecule has 0 unspecified atom stereocenters. The van der Waals surface area contributed by atoms with Gasteiger partial charge in [-0.15, -0.1) is 5.10 Å². The maximum Gasteiger partial charge on any atom is 0.265 e. The zero-order chi connectivity index (χ0) is 5.28. The van der Waals surface area contributed by atoms with Crippen LogP contribution in [0.15, 0.2) is 0 Å². The van der Waals surface area contributed by atoms with Crippen molar-refractivity contribution in [2.24, 2.45) is 0 Å². The predicted octanol–water partition coefficient (Wildman–Crippen LogP) is 0.328. The lowest BCUT2D eigenvalue weighted by atomic mass is 11.4. The van der Waals surface area contributed by atoms with Crippen LogP contribution in [-0.4, -0.2) is 19.7 Å². The number of hydrogen-bond acceptors (Lipinski definition) is 3. The summed E-state index contributed by atoms with van der Waals surface area (Å²) >= 11 is 10.3. The number of rotatable bonds is 0. The predicted molar refractivity (Wildman–Crippen MR) is 24.1 cm³/mol. The monoisotopic (exact) mass is 138 g/mol. The average Bonchev–Trinajstić information content (AvgIpc) is 1.87. The topological polar surface area (TPSA) is 43.6 Å². The van der Waals surface area contributed by atoms with Crippen molar-refractivity contribution in [3.8, 4) is 0 Å². The molecule has 1 aromatic rings. The fraction of sp³-hybridized carbons (Fsp3) is 0. The molecular formula is CCl2N4. The summed E-state index contributed by atoms with van der Waals surface area (Å²) in [6.07, 6.45) is 0. The van der Waals surface area contributed by atoms with E-state index in [1.165, 1.54) is 0 Å². The molecule has 6 heteroatoms. The Kier molecular flexibility index (Phi) is 1.12. The molecule has 0 saturated carbocycles. The van der Waals surface area contributed by atoms with Gasteiger partial charge < -0.3 is 0 Å². The SMILES string of the molecule is Clc1nnn(Cl)n1. The van der Waals surface area contributed by atoms with Crippen molar-refractivity contribution in [2.45, 2.75) is 0 Å². The first-order valence-electron chi connectivity index (χ1n) is 1.41. The summed E-state index contributed by atoms with van der Waals surface area (Å²) in [6, 6.07) is 0. The average molecular weight is 139 g/mol. The normalized spacial score (nSPS) is 9.43. The molecule has 4 nitrogen and oxygen atoms in total. The number of halogens is 2. The van der Waals surface area contributed by atoms with Crippen molar-refractivity contribution in [1.29, 1.82) is 0 Å². The molecule has 0 saturated heterocycles. The largest absolute Gasteiger partial charge is 0.265 e. The van der Waals surface area contributed by atoms with Crippen LogP contribution in [0.1, 0.15) is 0 Å². The van der Waals surface area contributed by atoms with Gasteiger partial charge in [0.05, 0.1) is 11.8 Å². The number of nitrogens with zero attached hydrogens (tertiary/aromatic N) is 4. The molecule has 0 amide bonds. The van der Waals surface area contributed by atoms with Crippen LogP contribution in [0.3, 0.4) is 0 Å². The minimum Gasteiger partial charge on any atom is -0.102 e. The molecule has 0 aliphatic rings. The third-order valence-corrected chi connectivity index (χ3v) is 0.660. The first kappa shape index (κ1) is 4.80. The highest BCUT2D eigenvalue weighted by molar-refractivity contribution is 6.28. The summed E-state index contributed by atoms with van der Waals surface area (Å²) < 4.78 is 0.766. The molecule has 0 fully saturated rings. The van der Waals surface area contributed by atoms with E-state index in [0.717, 1.165) is 4.32 Å². The fourth-order valence-electron chi connectivity index (χ4n) is 0.182. The van der Waals surface area contributed by atoms with Crippen molar-refractivity contribution < 1.29 is 0 Å². The maximum absolute atomic E-state index is 5.17. The molecule has 0 aliphatic heterocycles. The molecule has 1 heterocycles. The van der Waals surface area contributed by atoms with Crippen LogP contribution in [0.2, 0.25) is 5.28 Å². The molecular weight excluding hydrogens is 139 g/mol. The van der Waals surface area contributed by atoms with Gasteiger partial charge >= 0.3 is 0 Å². The lowest BCUT2D eigenvalue weighted by molar-refractivity contribution is 0.804. The van der Waals surface area contributed by atoms with Gasteiger partial charge in [-0.05, 0) is 16.8 Å². The van der Waals surface area contributed by atoms with Gasteiger partial charge in [0.1, 0.15) is 0 Å². The lowest BCUT2D eigenvalue weighted by Gasteiger charge is -1.67. The first-order chi connectivity index (χ1) is 3.29. The third kappa shape index (κ3) is 1.01. The number of tetrazole rings is 1. The van der Waals surface area contributed by atoms with Crippen molar-refractivity contribution in [2.75, 3.05) is 0 Å². The molecule has 0 bridgehead atoms. The van der Waals surface area contributed by atoms with E-state index in [4.69, 9.17) is 23.4 Å². The molecule has 0 spiro atoms. The van der Waals surface area contributed by atoms with Crippen LogP contribution in [-0.2, 0) is 0 Å². The van der Waals surface area contributed by atoms with Gasteiger partial charge in [0.2, 0.25) is 0 Å². The lowest BCUT2D eigenvalue weighted by Crippen LogP contribution is -1.82. The maximum atomic E-state index is 5.17. The highest BCUT2D eigenvalue weighted by Gasteiger charge is 1.90. The van der Waals surface area contributed by atoms with E-state index >= 15 is 0 Å². The molecule has 1 aromatic heterocycles. The Bertz CT molecular complexity index is 142. The Morgan fingerprint density at radius 1 is 1.57 bits per heavy atom. The quantitative estimate of drug-likeness (QED) is 0.520. The van der Waals surface area contributed by atoms with Crippen LogP contribution >= 0.6 is 23.4 Å². The van der Waals surface area contributed by atoms with E-state index in [0.29, 0.717) is 0 Å². The fourth-order valence-corrected chi connectivity index (χ4v) is 0.431. The second kappa shape index (κ2) is 1.63. The van der Waals surface area contributed by atoms with E-state index in [-0.39, 0.29) is 5.28 Å². The van der Waals surface area contributed by atoms with Crippen molar-refractivity contribution in [1.82, 2.24) is 19.7 Å². The zero-order valence-corrected chi connectivity index (χ0v) is 4.56. The van der Waals surface area contributed by atoms with Crippen molar-refractivity contribution in [3.05, 3.63) is 5.28 Å². The minimum absolute atomic E-state index is 0.0509. The molecule has 0 aromatic carbocycles. The summed E-state index contributed by atoms with van der Waals surface area (Å²) in [5, 5.41) is 9.84. The van der Waals surface area contributed by atoms with Crippen LogP contribution in [0.4, 0.5) is 0 Å². The summed E-state index contributed by atoms with van der Waals surface area (Å²) in [4.78, 5) is 0. The molecule has 0 N–H and O–H groups in total. The van der Waals surface area contributed by atoms with E-state index in [9.17, 15) is 0 Å². The van der Waals surface area contributed by atoms with E-state index in [1.807, 2.05) is 0 Å². The van der Waals surface area contributed by atoms with Gasteiger partial charge in [-0.2, -0.15) is 0 Å². The van der Waals surface area contributed by atoms with Crippen LogP contribution < -0.4 is 0 Å². The number of aromatic nitrogens is 4. The minimum atomic E-state index is 0.0509. The van der Waals surface area contributed by atoms with Gasteiger partial charge in [0, 0.05) is 0 Å². The van der Waals surface area contributed by atoms with Gasteiger partial charge in [-0.3, -0.25) is 0 Å². The van der Waals surface area contributed by atoms with Gasteiger partial charge in [-0.25, -0.2) is 0 Å². The Balaban J connectivity index is 3.04. The second-order valence-corrected chi connectivity index (χ2v) is 1.44. The summed E-state index contributed by atoms with van der Waals surface area (Å²) in [6.45, 7) is 0. The number of hydrogen-bond donors (Lipinski definition) is 0. The molecule has 0 radical (unpaired) electrons. The summed E-state index contributed by atoms with van der Waals surface area (Å²) in [5.41, 5.74) is 0. The van der Waals surface area contributed by atoms with E-state index in [1.54, 1.807) is 0 Å². The summed E-state index contributed by atoms with van der Waals surface area (Å²) in [7, 11) is 0. The standard InChI is InChI=1S/CCl2N4/c2-1-4-6-7(3)5-1. The Hall–Kier alpha value is -0.350. The third-order valence-electron chi connectivity index (χ3n) is 0.366. The highest BCUT2D eigenvalue weighted by Crippen LogP contribution is 1.92. The highest BCUT2D eigenvalue weighted by atomic mass is 35.5. The first-order valence-corrected chi connectivity index (χ1v) is 2.12. The van der Waals surface area contributed by atoms with Crippen molar-refractivity contribution in [3.63, 3.8) is 0 Å². The van der Waals surface area contributed by atoms with Gasteiger partial charge in [0.25, 0.3) is 5.28 Å². The summed E-state index contributed by atoms with van der Waals surface area (Å²) in [5.74, 6) is 0. The zero-order valence-electron chi connectivity index (χ0n) is 3.04. The Morgan fingerprint density at radius 2 is 2.29 bits per heavy atom. The molecule has 38 valence electrons. The van der Waals surface area contributed by atoms with Gasteiger partial charge in [-0.1, -0.05) is 9.41 Å².